The standard InChI is InChI=1S/C19H23N5O3/c1-13-10-14(2)24(21-13)11-16(25)20-19(3,4)12-26-18-17(22-27-23-18)15-8-6-5-7-9-15/h5-10H,11-12H2,1-4H3,(H,20,25). The maximum absolute atomic E-state index is 12.4. The van der Waals surface area contributed by atoms with Gasteiger partial charge < -0.3 is 10.1 Å². The van der Waals surface area contributed by atoms with Crippen LogP contribution in [0.15, 0.2) is 41.0 Å². The lowest BCUT2D eigenvalue weighted by Gasteiger charge is -2.25. The van der Waals surface area contributed by atoms with Gasteiger partial charge in [0.05, 0.1) is 11.2 Å². The molecule has 0 saturated heterocycles. The van der Waals surface area contributed by atoms with E-state index in [-0.39, 0.29) is 19.1 Å². The van der Waals surface area contributed by atoms with Gasteiger partial charge in [0, 0.05) is 11.3 Å². The van der Waals surface area contributed by atoms with Gasteiger partial charge in [-0.1, -0.05) is 30.3 Å². The van der Waals surface area contributed by atoms with Crippen LogP contribution in [0.4, 0.5) is 0 Å². The van der Waals surface area contributed by atoms with Gasteiger partial charge in [0.15, 0.2) is 5.69 Å². The van der Waals surface area contributed by atoms with Crippen molar-refractivity contribution in [2.45, 2.75) is 39.8 Å². The number of carbonyl (C=O) groups is 1. The number of carbonyl (C=O) groups excluding carboxylic acids is 1. The van der Waals surface area contributed by atoms with Gasteiger partial charge in [-0.25, -0.2) is 4.63 Å². The quantitative estimate of drug-likeness (QED) is 0.688. The maximum Gasteiger partial charge on any atom is 0.284 e. The molecule has 0 aliphatic carbocycles. The molecular weight excluding hydrogens is 346 g/mol. The average molecular weight is 369 g/mol. The van der Waals surface area contributed by atoms with Gasteiger partial charge in [-0.3, -0.25) is 9.48 Å². The Morgan fingerprint density at radius 1 is 1.22 bits per heavy atom. The summed E-state index contributed by atoms with van der Waals surface area (Å²) in [5.74, 6) is 0.151. The first-order valence-electron chi connectivity index (χ1n) is 8.67. The van der Waals surface area contributed by atoms with Crippen LogP contribution in [-0.4, -0.2) is 38.1 Å². The Kier molecular flexibility index (Phi) is 5.25. The van der Waals surface area contributed by atoms with Crippen molar-refractivity contribution >= 4 is 5.91 Å². The molecule has 0 radical (unpaired) electrons. The second kappa shape index (κ2) is 7.61. The van der Waals surface area contributed by atoms with Gasteiger partial charge in [-0.2, -0.15) is 5.10 Å². The van der Waals surface area contributed by atoms with Crippen LogP contribution in [0.2, 0.25) is 0 Å². The van der Waals surface area contributed by atoms with E-state index < -0.39 is 5.54 Å². The van der Waals surface area contributed by atoms with E-state index in [0.29, 0.717) is 11.6 Å². The molecule has 0 fully saturated rings. The van der Waals surface area contributed by atoms with E-state index in [1.54, 1.807) is 4.68 Å². The Bertz CT molecular complexity index is 915. The van der Waals surface area contributed by atoms with E-state index in [4.69, 9.17) is 9.37 Å². The molecule has 0 aliphatic heterocycles. The highest BCUT2D eigenvalue weighted by Crippen LogP contribution is 2.26. The molecule has 2 heterocycles. The number of hydrogen-bond donors (Lipinski definition) is 1. The molecule has 8 heteroatoms. The minimum Gasteiger partial charge on any atom is -0.471 e. The van der Waals surface area contributed by atoms with Crippen molar-refractivity contribution in [3.63, 3.8) is 0 Å². The third kappa shape index (κ3) is 4.72. The Labute approximate surface area is 157 Å². The zero-order chi connectivity index (χ0) is 19.4. The Morgan fingerprint density at radius 3 is 2.63 bits per heavy atom. The van der Waals surface area contributed by atoms with Crippen LogP contribution in [0.1, 0.15) is 25.2 Å². The van der Waals surface area contributed by atoms with Gasteiger partial charge in [-0.05, 0) is 44.1 Å². The fourth-order valence-electron chi connectivity index (χ4n) is 2.72. The van der Waals surface area contributed by atoms with Crippen LogP contribution in [0.3, 0.4) is 0 Å². The number of ether oxygens (including phenoxy) is 1. The highest BCUT2D eigenvalue weighted by Gasteiger charge is 2.24. The smallest absolute Gasteiger partial charge is 0.284 e. The zero-order valence-corrected chi connectivity index (χ0v) is 15.9. The number of nitrogens with zero attached hydrogens (tertiary/aromatic N) is 4. The normalized spacial score (nSPS) is 11.4. The molecule has 1 amide bonds. The second-order valence-electron chi connectivity index (χ2n) is 7.09. The summed E-state index contributed by atoms with van der Waals surface area (Å²) in [5.41, 5.74) is 2.59. The molecule has 0 spiro atoms. The number of aryl methyl sites for hydroxylation is 2. The van der Waals surface area contributed by atoms with E-state index in [1.165, 1.54) is 0 Å². The molecule has 0 aliphatic rings. The fraction of sp³-hybridized carbons (Fsp3) is 0.368. The summed E-state index contributed by atoms with van der Waals surface area (Å²) in [6, 6.07) is 11.4. The predicted octanol–water partition coefficient (Wildman–Crippen LogP) is 2.52. The summed E-state index contributed by atoms with van der Waals surface area (Å²) in [5, 5.41) is 15.0. The summed E-state index contributed by atoms with van der Waals surface area (Å²) >= 11 is 0. The largest absolute Gasteiger partial charge is 0.471 e. The monoisotopic (exact) mass is 369 g/mol. The molecule has 0 saturated carbocycles. The number of amides is 1. The first-order valence-corrected chi connectivity index (χ1v) is 8.67. The molecule has 1 aromatic carbocycles. The van der Waals surface area contributed by atoms with Gasteiger partial charge in [0.1, 0.15) is 13.2 Å². The molecule has 0 unspecified atom stereocenters. The van der Waals surface area contributed by atoms with E-state index in [2.05, 4.69) is 20.7 Å². The first kappa shape index (κ1) is 18.6. The van der Waals surface area contributed by atoms with Crippen molar-refractivity contribution in [3.05, 3.63) is 47.8 Å². The van der Waals surface area contributed by atoms with Gasteiger partial charge in [-0.15, -0.1) is 0 Å². The van der Waals surface area contributed by atoms with Gasteiger partial charge >= 0.3 is 0 Å². The van der Waals surface area contributed by atoms with Gasteiger partial charge in [0.2, 0.25) is 5.91 Å². The molecule has 2 aromatic heterocycles. The van der Waals surface area contributed by atoms with Crippen molar-refractivity contribution in [2.24, 2.45) is 0 Å². The van der Waals surface area contributed by atoms with Crippen LogP contribution in [0.5, 0.6) is 5.88 Å². The lowest BCUT2D eigenvalue weighted by Crippen LogP contribution is -2.49. The van der Waals surface area contributed by atoms with Crippen LogP contribution in [0, 0.1) is 13.8 Å². The van der Waals surface area contributed by atoms with E-state index >= 15 is 0 Å². The highest BCUT2D eigenvalue weighted by atomic mass is 16.6. The summed E-state index contributed by atoms with van der Waals surface area (Å²) in [4.78, 5) is 12.4. The summed E-state index contributed by atoms with van der Waals surface area (Å²) < 4.78 is 12.3. The predicted molar refractivity (Wildman–Crippen MR) is 99.2 cm³/mol. The number of aromatic nitrogens is 4. The van der Waals surface area contributed by atoms with E-state index in [1.807, 2.05) is 64.1 Å². The lowest BCUT2D eigenvalue weighted by atomic mass is 10.1. The van der Waals surface area contributed by atoms with Crippen molar-refractivity contribution < 1.29 is 14.2 Å². The SMILES string of the molecule is Cc1cc(C)n(CC(=O)NC(C)(C)COc2nonc2-c2ccccc2)n1. The van der Waals surface area contributed by atoms with Crippen LogP contribution in [-0.2, 0) is 11.3 Å². The van der Waals surface area contributed by atoms with Crippen LogP contribution < -0.4 is 10.1 Å². The van der Waals surface area contributed by atoms with E-state index in [9.17, 15) is 4.79 Å². The number of benzene rings is 1. The maximum atomic E-state index is 12.4. The topological polar surface area (TPSA) is 95.1 Å². The Balaban J connectivity index is 1.60. The third-order valence-corrected chi connectivity index (χ3v) is 3.95. The molecule has 3 rings (SSSR count). The third-order valence-electron chi connectivity index (χ3n) is 3.95. The molecule has 0 atom stereocenters. The minimum absolute atomic E-state index is 0.142. The molecular formula is C19H23N5O3. The van der Waals surface area contributed by atoms with Crippen molar-refractivity contribution in [3.8, 4) is 17.1 Å². The van der Waals surface area contributed by atoms with Gasteiger partial charge in [0.25, 0.3) is 5.88 Å². The summed E-state index contributed by atoms with van der Waals surface area (Å²) in [7, 11) is 0. The minimum atomic E-state index is -0.611. The number of nitrogens with one attached hydrogen (secondary N) is 1. The molecule has 1 N–H and O–H groups in total. The molecule has 3 aromatic rings. The van der Waals surface area contributed by atoms with Crippen molar-refractivity contribution in [1.82, 2.24) is 25.4 Å². The van der Waals surface area contributed by atoms with E-state index in [0.717, 1.165) is 17.0 Å². The first-order chi connectivity index (χ1) is 12.8. The van der Waals surface area contributed by atoms with Crippen molar-refractivity contribution in [2.75, 3.05) is 6.61 Å². The molecule has 142 valence electrons. The average Bonchev–Trinajstić information content (AvgIpc) is 3.20. The Hall–Kier alpha value is -3.16. The van der Waals surface area contributed by atoms with Crippen LogP contribution >= 0.6 is 0 Å². The molecule has 0 bridgehead atoms. The second-order valence-corrected chi connectivity index (χ2v) is 7.09. The fourth-order valence-corrected chi connectivity index (χ4v) is 2.72. The number of hydrogen-bond acceptors (Lipinski definition) is 6. The lowest BCUT2D eigenvalue weighted by molar-refractivity contribution is -0.123. The summed E-state index contributed by atoms with van der Waals surface area (Å²) in [6.45, 7) is 7.94. The highest BCUT2D eigenvalue weighted by molar-refractivity contribution is 5.76. The summed E-state index contributed by atoms with van der Waals surface area (Å²) in [6.07, 6.45) is 0. The molecule has 27 heavy (non-hydrogen) atoms. The molecule has 8 nitrogen and oxygen atoms in total. The van der Waals surface area contributed by atoms with Crippen LogP contribution in [0.25, 0.3) is 11.3 Å². The van der Waals surface area contributed by atoms with Crippen molar-refractivity contribution in [1.29, 1.82) is 0 Å². The Morgan fingerprint density at radius 2 is 1.96 bits per heavy atom. The number of rotatable bonds is 7. The zero-order valence-electron chi connectivity index (χ0n) is 15.9.